The van der Waals surface area contributed by atoms with Crippen molar-refractivity contribution in [3.63, 3.8) is 0 Å². The molecule has 0 heterocycles. The van der Waals surface area contributed by atoms with E-state index in [0.29, 0.717) is 24.8 Å². The van der Waals surface area contributed by atoms with Gasteiger partial charge >= 0.3 is 0 Å². The molecule has 3 heteroatoms. The Morgan fingerprint density at radius 1 is 1.67 bits per heavy atom. The molecule has 12 heavy (non-hydrogen) atoms. The molecule has 0 saturated heterocycles. The summed E-state index contributed by atoms with van der Waals surface area (Å²) in [6, 6.07) is 0.374. The molecule has 1 saturated carbocycles. The van der Waals surface area contributed by atoms with Crippen LogP contribution in [0, 0.1) is 0 Å². The number of carbonyl (C=O) groups excluding carboxylic acids is 1. The van der Waals surface area contributed by atoms with Crippen molar-refractivity contribution < 1.29 is 9.90 Å². The maximum absolute atomic E-state index is 11.1. The third-order valence-electron chi connectivity index (χ3n) is 2.53. The maximum Gasteiger partial charge on any atom is 0.134 e. The van der Waals surface area contributed by atoms with Gasteiger partial charge in [0.05, 0.1) is 6.61 Å². The summed E-state index contributed by atoms with van der Waals surface area (Å²) in [5.74, 6) is 0.371. The summed E-state index contributed by atoms with van der Waals surface area (Å²) < 4.78 is 0. The van der Waals surface area contributed by atoms with Crippen LogP contribution in [0.1, 0.15) is 25.7 Å². The molecule has 0 aromatic heterocycles. The normalized spacial score (nSPS) is 24.9. The van der Waals surface area contributed by atoms with Crippen molar-refractivity contribution in [2.75, 3.05) is 20.2 Å². The molecule has 0 aromatic rings. The van der Waals surface area contributed by atoms with Gasteiger partial charge in [-0.25, -0.2) is 0 Å². The molecule has 1 atom stereocenters. The summed E-state index contributed by atoms with van der Waals surface area (Å²) in [7, 11) is 1.97. The zero-order valence-corrected chi connectivity index (χ0v) is 7.62. The van der Waals surface area contributed by atoms with Crippen molar-refractivity contribution in [2.45, 2.75) is 31.7 Å². The number of aliphatic hydroxyl groups excluding tert-OH is 1. The van der Waals surface area contributed by atoms with Gasteiger partial charge in [0.15, 0.2) is 0 Å². The van der Waals surface area contributed by atoms with Crippen molar-refractivity contribution in [1.82, 2.24) is 4.90 Å². The molecule has 0 amide bonds. The van der Waals surface area contributed by atoms with Crippen molar-refractivity contribution >= 4 is 5.78 Å². The Kier molecular flexibility index (Phi) is 3.69. The molecule has 1 aliphatic carbocycles. The number of rotatable bonds is 3. The van der Waals surface area contributed by atoms with Crippen LogP contribution in [0.5, 0.6) is 0 Å². The zero-order chi connectivity index (χ0) is 8.97. The Balaban J connectivity index is 2.34. The van der Waals surface area contributed by atoms with Gasteiger partial charge in [-0.05, 0) is 19.9 Å². The number of ketones is 1. The lowest BCUT2D eigenvalue weighted by atomic mass is 9.93. The van der Waals surface area contributed by atoms with Gasteiger partial charge in [0.1, 0.15) is 5.78 Å². The monoisotopic (exact) mass is 171 g/mol. The van der Waals surface area contributed by atoms with Gasteiger partial charge in [-0.2, -0.15) is 0 Å². The van der Waals surface area contributed by atoms with E-state index < -0.39 is 0 Å². The molecule has 0 aliphatic heterocycles. The van der Waals surface area contributed by atoms with E-state index in [0.717, 1.165) is 19.3 Å². The van der Waals surface area contributed by atoms with Crippen LogP contribution in [0.4, 0.5) is 0 Å². The van der Waals surface area contributed by atoms with Crippen LogP contribution in [0.25, 0.3) is 0 Å². The molecule has 70 valence electrons. The first-order valence-corrected chi connectivity index (χ1v) is 4.57. The van der Waals surface area contributed by atoms with Gasteiger partial charge in [-0.1, -0.05) is 0 Å². The smallest absolute Gasteiger partial charge is 0.134 e. The topological polar surface area (TPSA) is 40.5 Å². The second-order valence-electron chi connectivity index (χ2n) is 3.49. The van der Waals surface area contributed by atoms with E-state index in [1.807, 2.05) is 7.05 Å². The molecular formula is C9H17NO2. The third-order valence-corrected chi connectivity index (χ3v) is 2.53. The highest BCUT2D eigenvalue weighted by Crippen LogP contribution is 2.18. The summed E-state index contributed by atoms with van der Waals surface area (Å²) in [4.78, 5) is 13.2. The minimum absolute atomic E-state index is 0.182. The van der Waals surface area contributed by atoms with Gasteiger partial charge < -0.3 is 10.0 Å². The van der Waals surface area contributed by atoms with Crippen molar-refractivity contribution in [3.8, 4) is 0 Å². The number of Topliss-reactive ketones (excluding diaryl/α,β-unsaturated/α-hetero) is 1. The Bertz CT molecular complexity index is 159. The number of likely N-dealkylation sites (N-methyl/N-ethyl adjacent to an activating group) is 1. The lowest BCUT2D eigenvalue weighted by Crippen LogP contribution is -2.37. The highest BCUT2D eigenvalue weighted by Gasteiger charge is 2.22. The van der Waals surface area contributed by atoms with E-state index in [1.54, 1.807) is 0 Å². The number of hydrogen-bond acceptors (Lipinski definition) is 3. The first-order chi connectivity index (χ1) is 5.74. The predicted molar refractivity (Wildman–Crippen MR) is 47.0 cm³/mol. The molecule has 0 radical (unpaired) electrons. The fourth-order valence-corrected chi connectivity index (χ4v) is 1.72. The molecular weight excluding hydrogens is 154 g/mol. The fraction of sp³-hybridized carbons (Fsp3) is 0.889. The molecule has 0 spiro atoms. The van der Waals surface area contributed by atoms with E-state index in [1.165, 1.54) is 0 Å². The summed E-state index contributed by atoms with van der Waals surface area (Å²) in [6.07, 6.45) is 3.54. The molecule has 1 aliphatic rings. The molecule has 0 bridgehead atoms. The second-order valence-corrected chi connectivity index (χ2v) is 3.49. The minimum atomic E-state index is 0.182. The van der Waals surface area contributed by atoms with Gasteiger partial charge in [0.2, 0.25) is 0 Å². The molecule has 1 fully saturated rings. The Morgan fingerprint density at radius 3 is 3.00 bits per heavy atom. The third kappa shape index (κ3) is 2.57. The van der Waals surface area contributed by atoms with Crippen LogP contribution in [0.2, 0.25) is 0 Å². The van der Waals surface area contributed by atoms with Crippen LogP contribution in [0.3, 0.4) is 0 Å². The lowest BCUT2D eigenvalue weighted by Gasteiger charge is -2.29. The molecule has 0 aromatic carbocycles. The van der Waals surface area contributed by atoms with E-state index in [-0.39, 0.29) is 6.61 Å². The predicted octanol–water partition coefficient (Wildman–Crippen LogP) is 0.422. The highest BCUT2D eigenvalue weighted by molar-refractivity contribution is 5.79. The maximum atomic E-state index is 11.1. The molecule has 1 N–H and O–H groups in total. The number of hydrogen-bond donors (Lipinski definition) is 1. The van der Waals surface area contributed by atoms with Gasteiger partial charge in [-0.3, -0.25) is 4.79 Å². The molecule has 1 rings (SSSR count). The SMILES string of the molecule is CN(CCO)C1CCCC(=O)C1. The van der Waals surface area contributed by atoms with E-state index in [4.69, 9.17) is 5.11 Å². The van der Waals surface area contributed by atoms with Crippen molar-refractivity contribution in [3.05, 3.63) is 0 Å². The average Bonchev–Trinajstić information content (AvgIpc) is 2.05. The first kappa shape index (κ1) is 9.68. The first-order valence-electron chi connectivity index (χ1n) is 4.57. The van der Waals surface area contributed by atoms with E-state index in [9.17, 15) is 4.79 Å². The highest BCUT2D eigenvalue weighted by atomic mass is 16.3. The Hall–Kier alpha value is -0.410. The van der Waals surface area contributed by atoms with Crippen molar-refractivity contribution in [1.29, 1.82) is 0 Å². The lowest BCUT2D eigenvalue weighted by molar-refractivity contribution is -0.121. The van der Waals surface area contributed by atoms with Crippen LogP contribution in [0.15, 0.2) is 0 Å². The van der Waals surface area contributed by atoms with Crippen LogP contribution < -0.4 is 0 Å². The quantitative estimate of drug-likeness (QED) is 0.669. The average molecular weight is 171 g/mol. The van der Waals surface area contributed by atoms with E-state index >= 15 is 0 Å². The summed E-state index contributed by atoms with van der Waals surface area (Å²) in [6.45, 7) is 0.860. The minimum Gasteiger partial charge on any atom is -0.395 e. The summed E-state index contributed by atoms with van der Waals surface area (Å²) in [5, 5.41) is 8.71. The van der Waals surface area contributed by atoms with Gasteiger partial charge in [-0.15, -0.1) is 0 Å². The fourth-order valence-electron chi connectivity index (χ4n) is 1.72. The Labute approximate surface area is 73.4 Å². The van der Waals surface area contributed by atoms with E-state index in [2.05, 4.69) is 4.90 Å². The summed E-state index contributed by atoms with van der Waals surface area (Å²) >= 11 is 0. The molecule has 1 unspecified atom stereocenters. The van der Waals surface area contributed by atoms with Crippen LogP contribution >= 0.6 is 0 Å². The largest absolute Gasteiger partial charge is 0.395 e. The number of nitrogens with zero attached hydrogens (tertiary/aromatic N) is 1. The summed E-state index contributed by atoms with van der Waals surface area (Å²) in [5.41, 5.74) is 0. The standard InChI is InChI=1S/C9H17NO2/c1-10(5-6-11)8-3-2-4-9(12)7-8/h8,11H,2-7H2,1H3. The zero-order valence-electron chi connectivity index (χ0n) is 7.62. The Morgan fingerprint density at radius 2 is 2.42 bits per heavy atom. The van der Waals surface area contributed by atoms with Crippen molar-refractivity contribution in [2.24, 2.45) is 0 Å². The second kappa shape index (κ2) is 4.58. The van der Waals surface area contributed by atoms with Gasteiger partial charge in [0, 0.05) is 25.4 Å². The number of carbonyl (C=O) groups is 1. The van der Waals surface area contributed by atoms with Crippen LogP contribution in [-0.2, 0) is 4.79 Å². The van der Waals surface area contributed by atoms with Gasteiger partial charge in [0.25, 0.3) is 0 Å². The molecule has 3 nitrogen and oxygen atoms in total. The number of aliphatic hydroxyl groups is 1. The van der Waals surface area contributed by atoms with Crippen LogP contribution in [-0.4, -0.2) is 42.0 Å².